The van der Waals surface area contributed by atoms with Crippen molar-refractivity contribution in [2.45, 2.75) is 69.7 Å². The number of anilines is 2. The van der Waals surface area contributed by atoms with Crippen molar-refractivity contribution in [3.05, 3.63) is 107 Å². The van der Waals surface area contributed by atoms with E-state index in [2.05, 4.69) is 50.9 Å². The number of nitrogens with zero attached hydrogens (tertiary/aromatic N) is 4. The Morgan fingerprint density at radius 1 is 0.887 bits per heavy atom. The lowest BCUT2D eigenvalue weighted by atomic mass is 9.78. The average molecular weight is 747 g/mol. The van der Waals surface area contributed by atoms with Gasteiger partial charge in [-0.05, 0) is 60.4 Å². The van der Waals surface area contributed by atoms with Gasteiger partial charge in [-0.15, -0.1) is 0 Å². The van der Waals surface area contributed by atoms with Crippen LogP contribution in [0.5, 0.6) is 11.5 Å². The van der Waals surface area contributed by atoms with Crippen molar-refractivity contribution in [3.63, 3.8) is 0 Å². The van der Waals surface area contributed by atoms with Gasteiger partial charge in [0.2, 0.25) is 16.0 Å². The highest BCUT2D eigenvalue weighted by atomic mass is 32.2. The maximum atomic E-state index is 11.5. The van der Waals surface area contributed by atoms with E-state index in [0.717, 1.165) is 41.9 Å². The smallest absolute Gasteiger partial charge is 0.236 e. The third kappa shape index (κ3) is 7.97. The number of sulfonamides is 1. The van der Waals surface area contributed by atoms with Crippen LogP contribution in [0.4, 0.5) is 11.6 Å². The van der Waals surface area contributed by atoms with Crippen LogP contribution in [0.15, 0.2) is 79.0 Å². The van der Waals surface area contributed by atoms with Gasteiger partial charge in [-0.2, -0.15) is 0 Å². The van der Waals surface area contributed by atoms with Gasteiger partial charge in [0, 0.05) is 47.4 Å². The molecule has 4 aromatic rings. The molecule has 5 atom stereocenters. The number of aliphatic hydroxyl groups is 4. The lowest BCUT2D eigenvalue weighted by Crippen LogP contribution is -2.57. The minimum atomic E-state index is -3.48. The van der Waals surface area contributed by atoms with E-state index in [1.54, 1.807) is 6.07 Å². The molecule has 2 saturated heterocycles. The van der Waals surface area contributed by atoms with Gasteiger partial charge in [-0.1, -0.05) is 50.2 Å². The first-order valence-electron chi connectivity index (χ1n) is 17.7. The minimum Gasteiger partial charge on any atom is -0.493 e. The van der Waals surface area contributed by atoms with Crippen LogP contribution in [0.25, 0.3) is 0 Å². The van der Waals surface area contributed by atoms with Crippen LogP contribution in [-0.2, 0) is 22.0 Å². The van der Waals surface area contributed by atoms with E-state index in [-0.39, 0.29) is 23.9 Å². The Bertz CT molecular complexity index is 2010. The van der Waals surface area contributed by atoms with Crippen LogP contribution < -0.4 is 24.4 Å². The lowest BCUT2D eigenvalue weighted by molar-refractivity contribution is -0.159. The van der Waals surface area contributed by atoms with Crippen LogP contribution in [0.1, 0.15) is 67.1 Å². The van der Waals surface area contributed by atoms with Crippen molar-refractivity contribution in [2.75, 3.05) is 35.6 Å². The van der Waals surface area contributed by atoms with Crippen molar-refractivity contribution in [3.8, 4) is 11.5 Å². The molecule has 2 fully saturated rings. The molecule has 0 aliphatic carbocycles. The summed E-state index contributed by atoms with van der Waals surface area (Å²) in [5.41, 5.74) is 4.62. The van der Waals surface area contributed by atoms with E-state index in [1.807, 2.05) is 54.6 Å². The van der Waals surface area contributed by atoms with E-state index in [4.69, 9.17) is 9.47 Å². The van der Waals surface area contributed by atoms with Crippen LogP contribution in [0.3, 0.4) is 0 Å². The first kappa shape index (κ1) is 37.0. The third-order valence-corrected chi connectivity index (χ3v) is 10.9. The van der Waals surface area contributed by atoms with Gasteiger partial charge in [0.15, 0.2) is 0 Å². The van der Waals surface area contributed by atoms with E-state index in [0.29, 0.717) is 42.0 Å². The van der Waals surface area contributed by atoms with Crippen molar-refractivity contribution in [1.82, 2.24) is 20.2 Å². The molecule has 15 heteroatoms. The highest BCUT2D eigenvalue weighted by Gasteiger charge is 2.46. The van der Waals surface area contributed by atoms with Crippen molar-refractivity contribution < 1.29 is 38.3 Å². The molecule has 0 radical (unpaired) electrons. The molecule has 0 bridgehead atoms. The number of ether oxygens (including phenoxy) is 2. The predicted octanol–water partition coefficient (Wildman–Crippen LogP) is 2.95. The molecule has 7 rings (SSSR count). The maximum absolute atomic E-state index is 11.5. The number of nitrogens with one attached hydrogen (secondary N) is 2. The molecule has 6 N–H and O–H groups in total. The number of aromatic nitrogens is 2. The molecular weight excluding hydrogens is 701 g/mol. The second-order valence-electron chi connectivity index (χ2n) is 14.5. The Labute approximate surface area is 309 Å². The summed E-state index contributed by atoms with van der Waals surface area (Å²) in [4.78, 5) is 11.8. The highest BCUT2D eigenvalue weighted by Crippen LogP contribution is 2.47. The Hall–Kier alpha value is -4.35. The minimum absolute atomic E-state index is 0.00165. The number of aliphatic hydroxyl groups excluding tert-OH is 4. The van der Waals surface area contributed by atoms with E-state index in [9.17, 15) is 28.8 Å². The van der Waals surface area contributed by atoms with E-state index >= 15 is 0 Å². The molecule has 0 amide bonds. The summed E-state index contributed by atoms with van der Waals surface area (Å²) in [5.74, 6) is 1.72. The molecule has 53 heavy (non-hydrogen) atoms. The standard InChI is InChI=1S/C38H46N6O8S/c1-38(2,25-9-13-28(14-10-25)52-22-26-17-18-39-37(40-26)42-53(3,49)50)24-7-11-27(12-8-24)51-21-23-19-43(20-23)30-6-4-5-29-33(30)36(48)44(35(29)47)31-15-16-32(45)41-34(31)46/h4-14,17-18,23,31-32,34-36,41,45-48H,15-16,19-22H2,1-3H3,(H,39,40,42). The zero-order valence-electron chi connectivity index (χ0n) is 29.8. The van der Waals surface area contributed by atoms with Crippen molar-refractivity contribution in [2.24, 2.45) is 5.92 Å². The predicted molar refractivity (Wildman–Crippen MR) is 197 cm³/mol. The van der Waals surface area contributed by atoms with Crippen molar-refractivity contribution in [1.29, 1.82) is 0 Å². The monoisotopic (exact) mass is 746 g/mol. The van der Waals surface area contributed by atoms with Gasteiger partial charge in [0.25, 0.3) is 0 Å². The van der Waals surface area contributed by atoms with Crippen LogP contribution in [0.2, 0.25) is 0 Å². The largest absolute Gasteiger partial charge is 0.493 e. The van der Waals surface area contributed by atoms with E-state index in [1.165, 1.54) is 11.1 Å². The number of piperidine rings is 1. The first-order chi connectivity index (χ1) is 25.3. The zero-order chi connectivity index (χ0) is 37.5. The summed E-state index contributed by atoms with van der Waals surface area (Å²) in [6.07, 6.45) is -0.686. The summed E-state index contributed by atoms with van der Waals surface area (Å²) < 4.78 is 37.3. The molecule has 0 spiro atoms. The number of hydrogen-bond donors (Lipinski definition) is 6. The fraction of sp³-hybridized carbons (Fsp3) is 0.421. The Morgan fingerprint density at radius 2 is 1.55 bits per heavy atom. The molecule has 3 aromatic carbocycles. The summed E-state index contributed by atoms with van der Waals surface area (Å²) in [6.45, 7) is 6.50. The van der Waals surface area contributed by atoms with Crippen LogP contribution >= 0.6 is 0 Å². The molecule has 5 unspecified atom stereocenters. The molecule has 4 heterocycles. The number of benzene rings is 3. The molecule has 3 aliphatic heterocycles. The lowest BCUT2D eigenvalue weighted by Gasteiger charge is -2.43. The Kier molecular flexibility index (Phi) is 10.3. The topological polar surface area (TPSA) is 190 Å². The highest BCUT2D eigenvalue weighted by molar-refractivity contribution is 7.91. The van der Waals surface area contributed by atoms with Gasteiger partial charge in [-0.3, -0.25) is 10.0 Å². The normalized spacial score (nSPS) is 23.7. The molecular formula is C38H46N6O8S. The SMILES string of the molecule is CC(C)(c1ccc(OCc2ccnc(NS(C)(=O)=O)n2)cc1)c1ccc(OCC2CN(c3cccc4c3C(O)N(C3CCC(O)NC3O)C4O)C2)cc1. The molecule has 3 aliphatic rings. The Balaban J connectivity index is 0.908. The van der Waals surface area contributed by atoms with Gasteiger partial charge in [0.05, 0.1) is 24.6 Å². The summed E-state index contributed by atoms with van der Waals surface area (Å²) in [5, 5.41) is 45.6. The average Bonchev–Trinajstić information content (AvgIpc) is 3.36. The van der Waals surface area contributed by atoms with Gasteiger partial charge >= 0.3 is 0 Å². The van der Waals surface area contributed by atoms with E-state index < -0.39 is 41.0 Å². The van der Waals surface area contributed by atoms with Gasteiger partial charge in [0.1, 0.15) is 43.0 Å². The number of hydrogen-bond acceptors (Lipinski definition) is 13. The third-order valence-electron chi connectivity index (χ3n) is 10.4. The quantitative estimate of drug-likeness (QED) is 0.124. The maximum Gasteiger partial charge on any atom is 0.236 e. The summed E-state index contributed by atoms with van der Waals surface area (Å²) in [6, 6.07) is 22.8. The van der Waals surface area contributed by atoms with Gasteiger partial charge in [-0.25, -0.2) is 23.3 Å². The van der Waals surface area contributed by atoms with Crippen molar-refractivity contribution >= 4 is 21.7 Å². The zero-order valence-corrected chi connectivity index (χ0v) is 30.6. The van der Waals surface area contributed by atoms with Gasteiger partial charge < -0.3 is 34.8 Å². The number of rotatable bonds is 12. The Morgan fingerprint density at radius 3 is 2.19 bits per heavy atom. The summed E-state index contributed by atoms with van der Waals surface area (Å²) in [7, 11) is -3.48. The second-order valence-corrected chi connectivity index (χ2v) is 16.3. The molecule has 1 aromatic heterocycles. The molecule has 282 valence electrons. The molecule has 0 saturated carbocycles. The molecule has 14 nitrogen and oxygen atoms in total. The van der Waals surface area contributed by atoms with Crippen LogP contribution in [0, 0.1) is 5.92 Å². The fourth-order valence-corrected chi connectivity index (χ4v) is 7.82. The fourth-order valence-electron chi connectivity index (χ4n) is 7.39. The number of fused-ring (bicyclic) bond motifs is 1. The summed E-state index contributed by atoms with van der Waals surface area (Å²) >= 11 is 0. The first-order valence-corrected chi connectivity index (χ1v) is 19.6. The second kappa shape index (κ2) is 14.8. The van der Waals surface area contributed by atoms with Crippen LogP contribution in [-0.4, -0.2) is 88.2 Å².